The first-order valence-corrected chi connectivity index (χ1v) is 9.71. The summed E-state index contributed by atoms with van der Waals surface area (Å²) in [5.74, 6) is -1.79. The lowest BCUT2D eigenvalue weighted by Crippen LogP contribution is -2.56. The van der Waals surface area contributed by atoms with E-state index in [0.717, 1.165) is 18.6 Å². The van der Waals surface area contributed by atoms with E-state index in [0.29, 0.717) is 27.7 Å². The number of aliphatic imine (C=N–C) groups is 1. The molecule has 2 aliphatic heterocycles. The second-order valence-electron chi connectivity index (χ2n) is 6.71. The standard InChI is InChI=1S/C20H14F3N3O4S/c1-30-16(27)9-15-17(28)24-18(31-15)26-19(29,20(21,22)23)10-14(25-26)13-8-4-6-11-5-2-3-7-12(11)13/h2-9,29H,10H2,1H3. The number of halogens is 3. The van der Waals surface area contributed by atoms with Crippen LogP contribution >= 0.6 is 11.8 Å². The number of rotatable bonds is 2. The molecular weight excluding hydrogens is 435 g/mol. The molecule has 0 fully saturated rings. The Morgan fingerprint density at radius 1 is 1.26 bits per heavy atom. The lowest BCUT2D eigenvalue weighted by atomic mass is 9.96. The van der Waals surface area contributed by atoms with E-state index in [1.165, 1.54) is 0 Å². The maximum absolute atomic E-state index is 13.9. The van der Waals surface area contributed by atoms with Crippen LogP contribution < -0.4 is 0 Å². The molecule has 2 aromatic carbocycles. The molecule has 1 unspecified atom stereocenters. The van der Waals surface area contributed by atoms with E-state index in [-0.39, 0.29) is 10.6 Å². The number of fused-ring (bicyclic) bond motifs is 1. The Hall–Kier alpha value is -3.18. The largest absolute Gasteiger partial charge is 0.466 e. The minimum atomic E-state index is -5.11. The highest BCUT2D eigenvalue weighted by Crippen LogP contribution is 2.45. The zero-order valence-electron chi connectivity index (χ0n) is 15.9. The van der Waals surface area contributed by atoms with Gasteiger partial charge in [0.05, 0.1) is 24.1 Å². The molecular formula is C20H14F3N3O4S. The molecule has 1 N–H and O–H groups in total. The summed E-state index contributed by atoms with van der Waals surface area (Å²) in [4.78, 5) is 26.8. The fourth-order valence-corrected chi connectivity index (χ4v) is 4.14. The first kappa shape index (κ1) is 21.1. The van der Waals surface area contributed by atoms with Crippen LogP contribution in [0.3, 0.4) is 0 Å². The Labute approximate surface area is 177 Å². The third-order valence-electron chi connectivity index (χ3n) is 4.78. The quantitative estimate of drug-likeness (QED) is 0.559. The number of aliphatic hydroxyl groups is 1. The van der Waals surface area contributed by atoms with Crippen LogP contribution in [0, 0.1) is 0 Å². The Kier molecular flexibility index (Phi) is 5.10. The van der Waals surface area contributed by atoms with Gasteiger partial charge in [-0.05, 0) is 22.5 Å². The van der Waals surface area contributed by atoms with Crippen LogP contribution in [0.25, 0.3) is 10.8 Å². The number of methoxy groups -OCH3 is 1. The van der Waals surface area contributed by atoms with Crippen molar-refractivity contribution in [2.45, 2.75) is 18.3 Å². The number of carbonyl (C=O) groups excluding carboxylic acids is 2. The number of nitrogens with zero attached hydrogens (tertiary/aromatic N) is 3. The van der Waals surface area contributed by atoms with Gasteiger partial charge in [-0.1, -0.05) is 42.5 Å². The summed E-state index contributed by atoms with van der Waals surface area (Å²) < 4.78 is 46.2. The highest BCUT2D eigenvalue weighted by atomic mass is 32.2. The number of hydrazone groups is 1. The van der Waals surface area contributed by atoms with E-state index in [2.05, 4.69) is 14.8 Å². The van der Waals surface area contributed by atoms with Crippen molar-refractivity contribution in [2.24, 2.45) is 10.1 Å². The van der Waals surface area contributed by atoms with E-state index < -0.39 is 35.4 Å². The van der Waals surface area contributed by atoms with Crippen molar-refractivity contribution in [3.05, 3.63) is 59.0 Å². The number of amidine groups is 1. The van der Waals surface area contributed by atoms with Crippen molar-refractivity contribution in [3.63, 3.8) is 0 Å². The van der Waals surface area contributed by atoms with Gasteiger partial charge in [0.25, 0.3) is 11.6 Å². The molecule has 31 heavy (non-hydrogen) atoms. The molecule has 0 radical (unpaired) electrons. The molecule has 0 aromatic heterocycles. The molecule has 4 rings (SSSR count). The Morgan fingerprint density at radius 3 is 2.68 bits per heavy atom. The Morgan fingerprint density at radius 2 is 1.97 bits per heavy atom. The first-order chi connectivity index (χ1) is 14.6. The van der Waals surface area contributed by atoms with Crippen LogP contribution in [0.5, 0.6) is 0 Å². The van der Waals surface area contributed by atoms with E-state index in [9.17, 15) is 27.9 Å². The van der Waals surface area contributed by atoms with Gasteiger partial charge in [0.15, 0.2) is 5.17 Å². The first-order valence-electron chi connectivity index (χ1n) is 8.89. The number of amides is 1. The molecule has 0 saturated carbocycles. The smallest absolute Gasteiger partial charge is 0.438 e. The molecule has 160 valence electrons. The van der Waals surface area contributed by atoms with Crippen LogP contribution in [0.2, 0.25) is 0 Å². The summed E-state index contributed by atoms with van der Waals surface area (Å²) in [6.45, 7) is 0. The molecule has 11 heteroatoms. The van der Waals surface area contributed by atoms with Crippen LogP contribution in [0.15, 0.2) is 63.5 Å². The topological polar surface area (TPSA) is 91.6 Å². The van der Waals surface area contributed by atoms with Crippen molar-refractivity contribution in [1.29, 1.82) is 0 Å². The number of hydrogen-bond donors (Lipinski definition) is 1. The summed E-state index contributed by atoms with van der Waals surface area (Å²) in [5, 5.41) is 15.9. The number of esters is 1. The van der Waals surface area contributed by atoms with Crippen molar-refractivity contribution < 1.29 is 32.6 Å². The highest BCUT2D eigenvalue weighted by Gasteiger charge is 2.63. The molecule has 0 spiro atoms. The molecule has 0 aliphatic carbocycles. The third kappa shape index (κ3) is 3.59. The minimum Gasteiger partial charge on any atom is -0.466 e. The zero-order valence-corrected chi connectivity index (χ0v) is 16.7. The SMILES string of the molecule is COC(=O)C=C1SC(N2N=C(c3cccc4ccccc34)CC2(O)C(F)(F)F)=NC1=O. The number of benzene rings is 2. The monoisotopic (exact) mass is 449 g/mol. The molecule has 0 bridgehead atoms. The van der Waals surface area contributed by atoms with E-state index in [1.54, 1.807) is 30.3 Å². The number of alkyl halides is 3. The van der Waals surface area contributed by atoms with Gasteiger partial charge in [-0.3, -0.25) is 4.79 Å². The van der Waals surface area contributed by atoms with Crippen LogP contribution in [-0.4, -0.2) is 51.9 Å². The molecule has 1 atom stereocenters. The van der Waals surface area contributed by atoms with Crippen LogP contribution in [-0.2, 0) is 14.3 Å². The molecule has 2 aromatic rings. The molecule has 2 heterocycles. The van der Waals surface area contributed by atoms with E-state index in [4.69, 9.17) is 0 Å². The lowest BCUT2D eigenvalue weighted by Gasteiger charge is -2.33. The van der Waals surface area contributed by atoms with E-state index in [1.807, 2.05) is 12.1 Å². The fraction of sp³-hybridized carbons (Fsp3) is 0.200. The summed E-state index contributed by atoms with van der Waals surface area (Å²) in [7, 11) is 1.09. The number of thioether (sulfide) groups is 1. The molecule has 1 amide bonds. The fourth-order valence-electron chi connectivity index (χ4n) is 3.25. The normalized spacial score (nSPS) is 22.8. The van der Waals surface area contributed by atoms with Gasteiger partial charge in [0.1, 0.15) is 0 Å². The second kappa shape index (κ2) is 7.50. The van der Waals surface area contributed by atoms with Crippen LogP contribution in [0.4, 0.5) is 13.2 Å². The Balaban J connectivity index is 1.79. The van der Waals surface area contributed by atoms with Gasteiger partial charge in [-0.15, -0.1) is 0 Å². The third-order valence-corrected chi connectivity index (χ3v) is 5.74. The second-order valence-corrected chi connectivity index (χ2v) is 7.72. The predicted octanol–water partition coefficient (Wildman–Crippen LogP) is 3.19. The average Bonchev–Trinajstić information content (AvgIpc) is 3.27. The van der Waals surface area contributed by atoms with E-state index >= 15 is 0 Å². The van der Waals surface area contributed by atoms with Gasteiger partial charge >= 0.3 is 12.1 Å². The minimum absolute atomic E-state index is 0.0160. The van der Waals surface area contributed by atoms with Crippen molar-refractivity contribution in [2.75, 3.05) is 7.11 Å². The number of carbonyl (C=O) groups is 2. The predicted molar refractivity (Wildman–Crippen MR) is 108 cm³/mol. The summed E-state index contributed by atoms with van der Waals surface area (Å²) in [5.41, 5.74) is -3.01. The molecule has 7 nitrogen and oxygen atoms in total. The van der Waals surface area contributed by atoms with Crippen molar-refractivity contribution in [1.82, 2.24) is 5.01 Å². The maximum Gasteiger partial charge on any atom is 0.438 e. The van der Waals surface area contributed by atoms with Gasteiger partial charge in [0, 0.05) is 11.6 Å². The zero-order chi connectivity index (χ0) is 22.4. The number of hydrogen-bond acceptors (Lipinski definition) is 7. The lowest BCUT2D eigenvalue weighted by molar-refractivity contribution is -0.294. The van der Waals surface area contributed by atoms with Gasteiger partial charge in [0.2, 0.25) is 0 Å². The highest BCUT2D eigenvalue weighted by molar-refractivity contribution is 8.18. The van der Waals surface area contributed by atoms with Crippen molar-refractivity contribution in [3.8, 4) is 0 Å². The summed E-state index contributed by atoms with van der Waals surface area (Å²) in [6.07, 6.45) is -5.15. The van der Waals surface area contributed by atoms with Crippen LogP contribution in [0.1, 0.15) is 12.0 Å². The summed E-state index contributed by atoms with van der Waals surface area (Å²) in [6, 6.07) is 12.2. The summed E-state index contributed by atoms with van der Waals surface area (Å²) >= 11 is 0.499. The maximum atomic E-state index is 13.9. The number of ether oxygens (including phenoxy) is 1. The van der Waals surface area contributed by atoms with Gasteiger partial charge in [-0.25, -0.2) is 4.79 Å². The average molecular weight is 449 g/mol. The van der Waals surface area contributed by atoms with Gasteiger partial charge < -0.3 is 9.84 Å². The van der Waals surface area contributed by atoms with Gasteiger partial charge in [-0.2, -0.15) is 28.3 Å². The molecule has 2 aliphatic rings. The Bertz CT molecular complexity index is 1190. The van der Waals surface area contributed by atoms with Crippen molar-refractivity contribution >= 4 is 45.3 Å². The molecule has 0 saturated heterocycles.